The third-order valence-corrected chi connectivity index (χ3v) is 5.87. The number of anilines is 1. The molecule has 0 radical (unpaired) electrons. The molecule has 2 atom stereocenters. The molecule has 5 heteroatoms. The van der Waals surface area contributed by atoms with Crippen LogP contribution >= 0.6 is 11.3 Å². The molecule has 1 aliphatic heterocycles. The highest BCUT2D eigenvalue weighted by Crippen LogP contribution is 2.36. The number of rotatable bonds is 4. The van der Waals surface area contributed by atoms with Gasteiger partial charge in [0.05, 0.1) is 11.8 Å². The minimum atomic E-state index is -0.337. The molecule has 4 nitrogen and oxygen atoms in total. The molecule has 1 fully saturated rings. The van der Waals surface area contributed by atoms with Crippen molar-refractivity contribution in [3.63, 3.8) is 0 Å². The van der Waals surface area contributed by atoms with Gasteiger partial charge in [0.15, 0.2) is 5.13 Å². The molecule has 1 aromatic rings. The smallest absolute Gasteiger partial charge is 0.185 e. The van der Waals surface area contributed by atoms with Crippen LogP contribution in [-0.4, -0.2) is 47.7 Å². The van der Waals surface area contributed by atoms with E-state index < -0.39 is 0 Å². The predicted molar refractivity (Wildman–Crippen MR) is 83.6 cm³/mol. The Labute approximate surface area is 125 Å². The lowest BCUT2D eigenvalue weighted by Crippen LogP contribution is -2.38. The molecular formula is C15H25N3OS. The van der Waals surface area contributed by atoms with Crippen molar-refractivity contribution in [1.82, 2.24) is 9.88 Å². The van der Waals surface area contributed by atoms with Crippen molar-refractivity contribution in [2.45, 2.75) is 51.2 Å². The molecule has 2 heterocycles. The molecule has 20 heavy (non-hydrogen) atoms. The monoisotopic (exact) mass is 295 g/mol. The Balaban J connectivity index is 1.69. The fraction of sp³-hybridized carbons (Fsp3) is 0.800. The minimum Gasteiger partial charge on any atom is -0.387 e. The quantitative estimate of drug-likeness (QED) is 0.926. The van der Waals surface area contributed by atoms with Gasteiger partial charge in [-0.3, -0.25) is 4.90 Å². The van der Waals surface area contributed by atoms with Gasteiger partial charge in [-0.2, -0.15) is 0 Å². The first-order valence-corrected chi connectivity index (χ1v) is 8.63. The van der Waals surface area contributed by atoms with E-state index >= 15 is 0 Å². The van der Waals surface area contributed by atoms with Crippen molar-refractivity contribution in [2.75, 3.05) is 31.6 Å². The summed E-state index contributed by atoms with van der Waals surface area (Å²) in [5.41, 5.74) is 0.946. The minimum absolute atomic E-state index is 0.337. The van der Waals surface area contributed by atoms with Crippen LogP contribution in [0.3, 0.4) is 0 Å². The van der Waals surface area contributed by atoms with Crippen LogP contribution in [0.4, 0.5) is 5.13 Å². The van der Waals surface area contributed by atoms with Gasteiger partial charge in [0.2, 0.25) is 0 Å². The van der Waals surface area contributed by atoms with E-state index in [1.807, 2.05) is 0 Å². The lowest BCUT2D eigenvalue weighted by Gasteiger charge is -2.27. The number of likely N-dealkylation sites (N-methyl/N-ethyl adjacent to an activating group) is 2. The number of nitrogens with zero attached hydrogens (tertiary/aromatic N) is 3. The number of aliphatic hydroxyl groups is 1. The molecular weight excluding hydrogens is 270 g/mol. The van der Waals surface area contributed by atoms with Crippen molar-refractivity contribution < 1.29 is 5.11 Å². The molecule has 0 bridgehead atoms. The van der Waals surface area contributed by atoms with Crippen molar-refractivity contribution in [2.24, 2.45) is 0 Å². The van der Waals surface area contributed by atoms with Crippen molar-refractivity contribution in [3.8, 4) is 0 Å². The summed E-state index contributed by atoms with van der Waals surface area (Å²) < 4.78 is 0. The third kappa shape index (κ3) is 2.71. The summed E-state index contributed by atoms with van der Waals surface area (Å²) in [6.45, 7) is 5.68. The molecule has 1 aromatic heterocycles. The van der Waals surface area contributed by atoms with Gasteiger partial charge in [-0.25, -0.2) is 4.98 Å². The number of likely N-dealkylation sites (tertiary alicyclic amines) is 1. The zero-order valence-electron chi connectivity index (χ0n) is 12.5. The van der Waals surface area contributed by atoms with Gasteiger partial charge >= 0.3 is 0 Å². The maximum absolute atomic E-state index is 10.0. The van der Waals surface area contributed by atoms with Crippen LogP contribution in [0, 0.1) is 0 Å². The predicted octanol–water partition coefficient (Wildman–Crippen LogP) is 2.43. The molecule has 112 valence electrons. The highest BCUT2D eigenvalue weighted by Gasteiger charge is 2.27. The largest absolute Gasteiger partial charge is 0.387 e. The molecule has 2 aliphatic rings. The van der Waals surface area contributed by atoms with E-state index in [-0.39, 0.29) is 6.10 Å². The van der Waals surface area contributed by atoms with Crippen LogP contribution in [0.2, 0.25) is 0 Å². The van der Waals surface area contributed by atoms with Gasteiger partial charge in [-0.15, -0.1) is 11.3 Å². The molecule has 0 saturated carbocycles. The molecule has 0 amide bonds. The Hall–Kier alpha value is -0.650. The summed E-state index contributed by atoms with van der Waals surface area (Å²) in [6, 6.07) is 0.663. The van der Waals surface area contributed by atoms with Crippen molar-refractivity contribution in [1.29, 1.82) is 0 Å². The van der Waals surface area contributed by atoms with E-state index in [9.17, 15) is 5.11 Å². The van der Waals surface area contributed by atoms with Crippen molar-refractivity contribution in [3.05, 3.63) is 10.6 Å². The second kappa shape index (κ2) is 6.00. The van der Waals surface area contributed by atoms with Crippen LogP contribution in [0.1, 0.15) is 49.3 Å². The van der Waals surface area contributed by atoms with Gasteiger partial charge in [-0.1, -0.05) is 6.92 Å². The fourth-order valence-electron chi connectivity index (χ4n) is 3.46. The number of aryl methyl sites for hydroxylation is 1. The Bertz CT molecular complexity index is 462. The molecule has 1 saturated heterocycles. The SMILES string of the molecule is CCN1CCCC1CN(C)c1nc2c(s1)CCCC2O. The third-order valence-electron chi connectivity index (χ3n) is 4.63. The topological polar surface area (TPSA) is 39.6 Å². The van der Waals surface area contributed by atoms with E-state index in [1.54, 1.807) is 11.3 Å². The first-order chi connectivity index (χ1) is 9.69. The van der Waals surface area contributed by atoms with Crippen molar-refractivity contribution >= 4 is 16.5 Å². The zero-order valence-corrected chi connectivity index (χ0v) is 13.3. The van der Waals surface area contributed by atoms with E-state index in [0.717, 1.165) is 43.2 Å². The Morgan fingerprint density at radius 3 is 3.00 bits per heavy atom. The second-order valence-electron chi connectivity index (χ2n) is 6.02. The highest BCUT2D eigenvalue weighted by atomic mass is 32.1. The summed E-state index contributed by atoms with van der Waals surface area (Å²) in [7, 11) is 2.14. The molecule has 0 aromatic carbocycles. The van der Waals surface area contributed by atoms with Gasteiger partial charge in [0.25, 0.3) is 0 Å². The Kier molecular flexibility index (Phi) is 4.29. The fourth-order valence-corrected chi connectivity index (χ4v) is 4.59. The number of aromatic nitrogens is 1. The maximum Gasteiger partial charge on any atom is 0.185 e. The molecule has 0 spiro atoms. The standard InChI is InChI=1S/C15H25N3OS/c1-3-18-9-5-6-11(18)10-17(2)15-16-14-12(19)7-4-8-13(14)20-15/h11-12,19H,3-10H2,1-2H3. The molecule has 3 rings (SSSR count). The molecule has 1 aliphatic carbocycles. The molecule has 2 unspecified atom stereocenters. The molecule has 1 N–H and O–H groups in total. The van der Waals surface area contributed by atoms with Crippen LogP contribution in [-0.2, 0) is 6.42 Å². The Morgan fingerprint density at radius 1 is 1.40 bits per heavy atom. The average Bonchev–Trinajstić information content (AvgIpc) is 3.05. The zero-order chi connectivity index (χ0) is 14.1. The van der Waals surface area contributed by atoms with Crippen LogP contribution in [0.5, 0.6) is 0 Å². The highest BCUT2D eigenvalue weighted by molar-refractivity contribution is 7.15. The number of hydrogen-bond acceptors (Lipinski definition) is 5. The number of fused-ring (bicyclic) bond motifs is 1. The van der Waals surface area contributed by atoms with Gasteiger partial charge < -0.3 is 10.0 Å². The van der Waals surface area contributed by atoms with E-state index in [4.69, 9.17) is 4.98 Å². The lowest BCUT2D eigenvalue weighted by atomic mass is 10.0. The van der Waals surface area contributed by atoms with Gasteiger partial charge in [0.1, 0.15) is 0 Å². The van der Waals surface area contributed by atoms with Gasteiger partial charge in [0, 0.05) is 24.5 Å². The first-order valence-electron chi connectivity index (χ1n) is 7.82. The normalized spacial score (nSPS) is 26.8. The van der Waals surface area contributed by atoms with Crippen LogP contribution < -0.4 is 4.90 Å². The maximum atomic E-state index is 10.0. The summed E-state index contributed by atoms with van der Waals surface area (Å²) in [5.74, 6) is 0. The summed E-state index contributed by atoms with van der Waals surface area (Å²) in [6.07, 6.45) is 5.32. The number of thiazole rings is 1. The van der Waals surface area contributed by atoms with Crippen LogP contribution in [0.15, 0.2) is 0 Å². The number of hydrogen-bond donors (Lipinski definition) is 1. The number of aliphatic hydroxyl groups excluding tert-OH is 1. The Morgan fingerprint density at radius 2 is 2.25 bits per heavy atom. The van der Waals surface area contributed by atoms with E-state index in [0.29, 0.717) is 6.04 Å². The average molecular weight is 295 g/mol. The first kappa shape index (κ1) is 14.3. The van der Waals surface area contributed by atoms with E-state index in [2.05, 4.69) is 23.8 Å². The lowest BCUT2D eigenvalue weighted by molar-refractivity contribution is 0.153. The van der Waals surface area contributed by atoms with E-state index in [1.165, 1.54) is 24.3 Å². The van der Waals surface area contributed by atoms with Crippen LogP contribution in [0.25, 0.3) is 0 Å². The summed E-state index contributed by atoms with van der Waals surface area (Å²) in [4.78, 5) is 10.9. The second-order valence-corrected chi connectivity index (χ2v) is 7.08. The summed E-state index contributed by atoms with van der Waals surface area (Å²) >= 11 is 1.78. The summed E-state index contributed by atoms with van der Waals surface area (Å²) in [5, 5.41) is 11.1. The van der Waals surface area contributed by atoms with Gasteiger partial charge in [-0.05, 0) is 45.2 Å².